The van der Waals surface area contributed by atoms with Crippen LogP contribution in [0.4, 0.5) is 0 Å². The highest BCUT2D eigenvalue weighted by Gasteiger charge is 2.21. The number of carbonyl (C=O) groups excluding carboxylic acids is 1. The summed E-state index contributed by atoms with van der Waals surface area (Å²) in [4.78, 5) is 12.4. The van der Waals surface area contributed by atoms with Crippen LogP contribution in [0.15, 0.2) is 71.9 Å². The van der Waals surface area contributed by atoms with E-state index in [9.17, 15) is 13.2 Å². The van der Waals surface area contributed by atoms with Crippen molar-refractivity contribution >= 4 is 16.0 Å². The summed E-state index contributed by atoms with van der Waals surface area (Å²) in [6.07, 6.45) is 3.43. The molecular formula is C21H23N3O4S. The van der Waals surface area contributed by atoms with E-state index < -0.39 is 16.0 Å². The SMILES string of the molecule is CCN(CC)S(=O)(=O)c1ccc(C(=O)OCc2cnn(-c3ccccc3)c2)cc1. The highest BCUT2D eigenvalue weighted by atomic mass is 32.2. The van der Waals surface area contributed by atoms with E-state index >= 15 is 0 Å². The number of para-hydroxylation sites is 1. The number of nitrogens with zero attached hydrogens (tertiary/aromatic N) is 3. The molecule has 0 aliphatic carbocycles. The van der Waals surface area contributed by atoms with Crippen molar-refractivity contribution in [2.75, 3.05) is 13.1 Å². The highest BCUT2D eigenvalue weighted by molar-refractivity contribution is 7.89. The van der Waals surface area contributed by atoms with Gasteiger partial charge in [0.1, 0.15) is 6.61 Å². The maximum absolute atomic E-state index is 12.5. The fourth-order valence-electron chi connectivity index (χ4n) is 2.86. The Labute approximate surface area is 170 Å². The number of ether oxygens (including phenoxy) is 1. The molecule has 29 heavy (non-hydrogen) atoms. The van der Waals surface area contributed by atoms with Gasteiger partial charge in [-0.15, -0.1) is 0 Å². The van der Waals surface area contributed by atoms with Gasteiger partial charge < -0.3 is 4.74 Å². The zero-order valence-corrected chi connectivity index (χ0v) is 17.2. The van der Waals surface area contributed by atoms with Crippen LogP contribution >= 0.6 is 0 Å². The van der Waals surface area contributed by atoms with Gasteiger partial charge >= 0.3 is 5.97 Å². The average molecular weight is 413 g/mol. The van der Waals surface area contributed by atoms with Crippen LogP contribution in [0.2, 0.25) is 0 Å². The van der Waals surface area contributed by atoms with Crippen molar-refractivity contribution in [2.45, 2.75) is 25.3 Å². The lowest BCUT2D eigenvalue weighted by atomic mass is 10.2. The summed E-state index contributed by atoms with van der Waals surface area (Å²) in [7, 11) is -3.55. The number of benzene rings is 2. The standard InChI is InChI=1S/C21H23N3O4S/c1-3-23(4-2)29(26,27)20-12-10-18(11-13-20)21(25)28-16-17-14-22-24(15-17)19-8-6-5-7-9-19/h5-15H,3-4,16H2,1-2H3. The van der Waals surface area contributed by atoms with E-state index in [1.165, 1.54) is 28.6 Å². The molecule has 0 fully saturated rings. The molecule has 0 radical (unpaired) electrons. The van der Waals surface area contributed by atoms with Gasteiger partial charge in [-0.2, -0.15) is 9.40 Å². The first-order valence-corrected chi connectivity index (χ1v) is 10.8. The molecule has 3 aromatic rings. The Bertz CT molecular complexity index is 1060. The normalized spacial score (nSPS) is 11.6. The van der Waals surface area contributed by atoms with Crippen LogP contribution in [-0.2, 0) is 21.4 Å². The zero-order chi connectivity index (χ0) is 20.9. The zero-order valence-electron chi connectivity index (χ0n) is 16.4. The van der Waals surface area contributed by atoms with Crippen LogP contribution in [0, 0.1) is 0 Å². The number of esters is 1. The largest absolute Gasteiger partial charge is 0.457 e. The Kier molecular flexibility index (Phi) is 6.46. The molecule has 152 valence electrons. The van der Waals surface area contributed by atoms with Gasteiger partial charge in [-0.1, -0.05) is 32.0 Å². The lowest BCUT2D eigenvalue weighted by molar-refractivity contribution is 0.0472. The molecule has 2 aromatic carbocycles. The summed E-state index contributed by atoms with van der Waals surface area (Å²) in [6, 6.07) is 15.4. The second-order valence-electron chi connectivity index (χ2n) is 6.32. The molecule has 3 rings (SSSR count). The Morgan fingerprint density at radius 2 is 1.69 bits per heavy atom. The molecule has 1 heterocycles. The molecule has 0 saturated carbocycles. The van der Waals surface area contributed by atoms with Crippen molar-refractivity contribution in [1.29, 1.82) is 0 Å². The van der Waals surface area contributed by atoms with Crippen molar-refractivity contribution in [2.24, 2.45) is 0 Å². The van der Waals surface area contributed by atoms with Gasteiger partial charge in [0.25, 0.3) is 0 Å². The van der Waals surface area contributed by atoms with Gasteiger partial charge in [-0.05, 0) is 36.4 Å². The quantitative estimate of drug-likeness (QED) is 0.530. The molecular weight excluding hydrogens is 390 g/mol. The fourth-order valence-corrected chi connectivity index (χ4v) is 4.32. The Balaban J connectivity index is 1.64. The van der Waals surface area contributed by atoms with Gasteiger partial charge in [-0.25, -0.2) is 17.9 Å². The predicted molar refractivity (Wildman–Crippen MR) is 109 cm³/mol. The van der Waals surface area contributed by atoms with Gasteiger partial charge in [0, 0.05) is 24.8 Å². The maximum atomic E-state index is 12.5. The summed E-state index contributed by atoms with van der Waals surface area (Å²) in [5.41, 5.74) is 1.96. The van der Waals surface area contributed by atoms with E-state index in [1.54, 1.807) is 30.9 Å². The summed E-state index contributed by atoms with van der Waals surface area (Å²) in [5, 5.41) is 4.26. The third kappa shape index (κ3) is 4.72. The summed E-state index contributed by atoms with van der Waals surface area (Å²) >= 11 is 0. The van der Waals surface area contributed by atoms with Crippen LogP contribution < -0.4 is 0 Å². The van der Waals surface area contributed by atoms with Crippen LogP contribution in [-0.4, -0.2) is 41.6 Å². The Hall–Kier alpha value is -2.97. The van der Waals surface area contributed by atoms with Gasteiger partial charge in [0.05, 0.1) is 22.3 Å². The average Bonchev–Trinajstić information content (AvgIpc) is 3.22. The molecule has 0 spiro atoms. The van der Waals surface area contributed by atoms with E-state index in [2.05, 4.69) is 5.10 Å². The van der Waals surface area contributed by atoms with E-state index in [1.807, 2.05) is 30.3 Å². The number of hydrogen-bond donors (Lipinski definition) is 0. The minimum atomic E-state index is -3.55. The molecule has 0 aliphatic heterocycles. The third-order valence-electron chi connectivity index (χ3n) is 4.46. The van der Waals surface area contributed by atoms with Crippen molar-refractivity contribution in [1.82, 2.24) is 14.1 Å². The molecule has 8 heteroatoms. The van der Waals surface area contributed by atoms with Gasteiger partial charge in [0.2, 0.25) is 10.0 Å². The summed E-state index contributed by atoms with van der Waals surface area (Å²) < 4.78 is 33.4. The molecule has 0 N–H and O–H groups in total. The van der Waals surface area contributed by atoms with E-state index in [0.717, 1.165) is 11.3 Å². The highest BCUT2D eigenvalue weighted by Crippen LogP contribution is 2.17. The van der Waals surface area contributed by atoms with Crippen molar-refractivity contribution in [3.8, 4) is 5.69 Å². The number of rotatable bonds is 8. The number of carbonyl (C=O) groups is 1. The topological polar surface area (TPSA) is 81.5 Å². The van der Waals surface area contributed by atoms with Crippen LogP contribution in [0.25, 0.3) is 5.69 Å². The first-order chi connectivity index (χ1) is 14.0. The second kappa shape index (κ2) is 9.02. The lowest BCUT2D eigenvalue weighted by Crippen LogP contribution is -2.30. The van der Waals surface area contributed by atoms with E-state index in [4.69, 9.17) is 4.74 Å². The molecule has 0 aliphatic rings. The Morgan fingerprint density at radius 1 is 1.03 bits per heavy atom. The van der Waals surface area contributed by atoms with Crippen LogP contribution in [0.3, 0.4) is 0 Å². The molecule has 7 nitrogen and oxygen atoms in total. The first kappa shape index (κ1) is 20.8. The summed E-state index contributed by atoms with van der Waals surface area (Å²) in [5.74, 6) is -0.524. The molecule has 0 amide bonds. The predicted octanol–water partition coefficient (Wildman–Crippen LogP) is 3.26. The van der Waals surface area contributed by atoms with E-state index in [0.29, 0.717) is 18.7 Å². The third-order valence-corrected chi connectivity index (χ3v) is 6.52. The minimum absolute atomic E-state index is 0.0746. The number of sulfonamides is 1. The summed E-state index contributed by atoms with van der Waals surface area (Å²) in [6.45, 7) is 4.42. The molecule has 1 aromatic heterocycles. The lowest BCUT2D eigenvalue weighted by Gasteiger charge is -2.18. The van der Waals surface area contributed by atoms with Crippen LogP contribution in [0.1, 0.15) is 29.8 Å². The monoisotopic (exact) mass is 413 g/mol. The fraction of sp³-hybridized carbons (Fsp3) is 0.238. The molecule has 0 saturated heterocycles. The van der Waals surface area contributed by atoms with Crippen molar-refractivity contribution < 1.29 is 17.9 Å². The number of hydrogen-bond acceptors (Lipinski definition) is 5. The molecule has 0 atom stereocenters. The maximum Gasteiger partial charge on any atom is 0.338 e. The van der Waals surface area contributed by atoms with Crippen molar-refractivity contribution in [3.63, 3.8) is 0 Å². The smallest absolute Gasteiger partial charge is 0.338 e. The second-order valence-corrected chi connectivity index (χ2v) is 8.26. The molecule has 0 unspecified atom stereocenters. The minimum Gasteiger partial charge on any atom is -0.457 e. The first-order valence-electron chi connectivity index (χ1n) is 9.32. The van der Waals surface area contributed by atoms with Crippen molar-refractivity contribution in [3.05, 3.63) is 78.1 Å². The van der Waals surface area contributed by atoms with Crippen LogP contribution in [0.5, 0.6) is 0 Å². The van der Waals surface area contributed by atoms with Gasteiger partial charge in [0.15, 0.2) is 0 Å². The molecule has 0 bridgehead atoms. The van der Waals surface area contributed by atoms with E-state index in [-0.39, 0.29) is 11.5 Å². The Morgan fingerprint density at radius 3 is 2.31 bits per heavy atom. The van der Waals surface area contributed by atoms with Gasteiger partial charge in [-0.3, -0.25) is 0 Å². The number of aromatic nitrogens is 2.